The van der Waals surface area contributed by atoms with Crippen LogP contribution in [-0.2, 0) is 19.0 Å². The number of aliphatic hydroxyl groups is 1. The summed E-state index contributed by atoms with van der Waals surface area (Å²) >= 11 is 0. The number of carbonyl (C=O) groups is 1. The number of carbonyl (C=O) groups excluding carboxylic acids is 1. The molecule has 1 spiro atoms. The number of hydrogen-bond donors (Lipinski definition) is 1. The van der Waals surface area contributed by atoms with E-state index in [1.165, 1.54) is 11.1 Å². The highest BCUT2D eigenvalue weighted by molar-refractivity contribution is 5.40. The fourth-order valence-electron chi connectivity index (χ4n) is 6.54. The molecule has 1 N–H and O–H groups in total. The molecule has 5 heteroatoms. The maximum atomic E-state index is 11.3. The number of ether oxygens (including phenoxy) is 3. The number of rotatable bonds is 4. The molecule has 0 amide bonds. The molecular formula is C21H32O5. The first kappa shape index (κ1) is 18.5. The Hall–Kier alpha value is -0.910. The first-order valence-electron chi connectivity index (χ1n) is 9.96. The molecule has 7 atom stereocenters. The maximum Gasteiger partial charge on any atom is 0.293 e. The van der Waals surface area contributed by atoms with Crippen LogP contribution in [0.5, 0.6) is 0 Å². The van der Waals surface area contributed by atoms with Gasteiger partial charge in [0.05, 0.1) is 18.8 Å². The molecule has 4 aliphatic rings. The predicted octanol–water partition coefficient (Wildman–Crippen LogP) is 2.86. The number of allylic oxidation sites excluding steroid dienone is 1. The Bertz CT molecular complexity index is 642. The number of aliphatic hydroxyl groups excluding tert-OH is 1. The molecule has 1 saturated carbocycles. The third-order valence-electron chi connectivity index (χ3n) is 8.24. The molecule has 2 unspecified atom stereocenters. The van der Waals surface area contributed by atoms with E-state index in [1.54, 1.807) is 0 Å². The normalized spacial score (nSPS) is 50.0. The molecule has 4 rings (SSSR count). The van der Waals surface area contributed by atoms with Crippen molar-refractivity contribution < 1.29 is 24.1 Å². The topological polar surface area (TPSA) is 68.3 Å². The van der Waals surface area contributed by atoms with Crippen LogP contribution in [0.4, 0.5) is 0 Å². The number of hydrogen-bond acceptors (Lipinski definition) is 5. The van der Waals surface area contributed by atoms with Crippen LogP contribution in [0.3, 0.4) is 0 Å². The van der Waals surface area contributed by atoms with E-state index in [9.17, 15) is 9.90 Å². The molecule has 3 fully saturated rings. The fourth-order valence-corrected chi connectivity index (χ4v) is 6.54. The van der Waals surface area contributed by atoms with E-state index in [1.807, 2.05) is 0 Å². The van der Waals surface area contributed by atoms with Crippen molar-refractivity contribution in [2.75, 3.05) is 13.2 Å². The summed E-state index contributed by atoms with van der Waals surface area (Å²) in [7, 11) is 0. The van der Waals surface area contributed by atoms with E-state index < -0.39 is 17.3 Å². The second-order valence-electron chi connectivity index (χ2n) is 9.53. The van der Waals surface area contributed by atoms with E-state index in [2.05, 4.69) is 34.6 Å². The first-order valence-corrected chi connectivity index (χ1v) is 9.96. The zero-order chi connectivity index (χ0) is 18.9. The Labute approximate surface area is 156 Å². The number of epoxide rings is 1. The molecule has 0 aromatic rings. The summed E-state index contributed by atoms with van der Waals surface area (Å²) in [6.07, 6.45) is 2.50. The van der Waals surface area contributed by atoms with Crippen LogP contribution < -0.4 is 0 Å². The van der Waals surface area contributed by atoms with Gasteiger partial charge in [0.2, 0.25) is 0 Å². The minimum absolute atomic E-state index is 0.116. The monoisotopic (exact) mass is 364 g/mol. The second kappa shape index (κ2) is 5.79. The number of fused-ring (bicyclic) bond motifs is 1. The van der Waals surface area contributed by atoms with Crippen molar-refractivity contribution in [3.8, 4) is 0 Å². The molecule has 146 valence electrons. The molecule has 2 aliphatic carbocycles. The van der Waals surface area contributed by atoms with Gasteiger partial charge in [-0.05, 0) is 50.5 Å². The fraction of sp³-hybridized carbons (Fsp3) is 0.857. The SMILES string of the molecule is CC1=C(COC=O)C2CO[C@]3(C)[C@H](O)C(C(C)C)C[C@@H]4O[C@@]43[C@@]2(C)CC1. The van der Waals surface area contributed by atoms with Crippen LogP contribution in [0.15, 0.2) is 11.1 Å². The van der Waals surface area contributed by atoms with Gasteiger partial charge in [-0.1, -0.05) is 26.3 Å². The molecular weight excluding hydrogens is 332 g/mol. The Kier molecular flexibility index (Phi) is 4.11. The quantitative estimate of drug-likeness (QED) is 0.472. The van der Waals surface area contributed by atoms with Crippen LogP contribution in [0, 0.1) is 23.2 Å². The summed E-state index contributed by atoms with van der Waals surface area (Å²) in [5.41, 5.74) is 1.23. The van der Waals surface area contributed by atoms with Gasteiger partial charge in [0.1, 0.15) is 17.8 Å². The largest absolute Gasteiger partial charge is 0.463 e. The van der Waals surface area contributed by atoms with Crippen LogP contribution in [-0.4, -0.2) is 48.2 Å². The van der Waals surface area contributed by atoms with E-state index in [0.29, 0.717) is 25.6 Å². The van der Waals surface area contributed by atoms with Gasteiger partial charge in [-0.25, -0.2) is 0 Å². The standard InChI is InChI=1S/C21H32O5/c1-12(2)14-8-17-21(26-17)19(4)7-6-13(3)15(9-24-11-22)16(19)10-25-20(21,5)18(14)23/h11-12,14,16-18,23H,6-10H2,1-5H3/t14?,16?,17-,18+,19-,20+,21+/m0/s1. The summed E-state index contributed by atoms with van der Waals surface area (Å²) in [5, 5.41) is 11.3. The average Bonchev–Trinajstić information content (AvgIpc) is 3.33. The Morgan fingerprint density at radius 2 is 2.12 bits per heavy atom. The molecule has 2 saturated heterocycles. The highest BCUT2D eigenvalue weighted by Gasteiger charge is 2.83. The third-order valence-corrected chi connectivity index (χ3v) is 8.24. The van der Waals surface area contributed by atoms with Gasteiger partial charge in [-0.2, -0.15) is 0 Å². The molecule has 0 radical (unpaired) electrons. The highest BCUT2D eigenvalue weighted by atomic mass is 16.7. The molecule has 5 nitrogen and oxygen atoms in total. The summed E-state index contributed by atoms with van der Waals surface area (Å²) in [6.45, 7) is 12.2. The minimum atomic E-state index is -0.683. The highest BCUT2D eigenvalue weighted by Crippen LogP contribution is 2.72. The van der Waals surface area contributed by atoms with Crippen molar-refractivity contribution in [3.05, 3.63) is 11.1 Å². The smallest absolute Gasteiger partial charge is 0.293 e. The van der Waals surface area contributed by atoms with Gasteiger partial charge in [0, 0.05) is 11.3 Å². The van der Waals surface area contributed by atoms with Crippen LogP contribution in [0.2, 0.25) is 0 Å². The zero-order valence-electron chi connectivity index (χ0n) is 16.6. The van der Waals surface area contributed by atoms with Gasteiger partial charge < -0.3 is 19.3 Å². The van der Waals surface area contributed by atoms with Crippen molar-refractivity contribution in [1.82, 2.24) is 0 Å². The van der Waals surface area contributed by atoms with E-state index in [4.69, 9.17) is 14.2 Å². The lowest BCUT2D eigenvalue weighted by molar-refractivity contribution is -0.256. The van der Waals surface area contributed by atoms with Crippen LogP contribution >= 0.6 is 0 Å². The Balaban J connectivity index is 1.73. The molecule has 26 heavy (non-hydrogen) atoms. The second-order valence-corrected chi connectivity index (χ2v) is 9.53. The summed E-state index contributed by atoms with van der Waals surface area (Å²) in [4.78, 5) is 10.8. The molecule has 0 aromatic carbocycles. The summed E-state index contributed by atoms with van der Waals surface area (Å²) in [6, 6.07) is 0. The van der Waals surface area contributed by atoms with Gasteiger partial charge in [-0.3, -0.25) is 4.79 Å². The van der Waals surface area contributed by atoms with Crippen molar-refractivity contribution in [1.29, 1.82) is 0 Å². The van der Waals surface area contributed by atoms with Crippen molar-refractivity contribution >= 4 is 6.47 Å². The van der Waals surface area contributed by atoms with E-state index in [-0.39, 0.29) is 23.4 Å². The van der Waals surface area contributed by atoms with E-state index >= 15 is 0 Å². The van der Waals surface area contributed by atoms with Gasteiger partial charge in [0.15, 0.2) is 0 Å². The Morgan fingerprint density at radius 1 is 1.38 bits per heavy atom. The molecule has 0 aromatic heterocycles. The maximum absolute atomic E-state index is 11.3. The van der Waals surface area contributed by atoms with Crippen molar-refractivity contribution in [2.24, 2.45) is 23.2 Å². The summed E-state index contributed by atoms with van der Waals surface area (Å²) < 4.78 is 18.0. The van der Waals surface area contributed by atoms with Crippen LogP contribution in [0.25, 0.3) is 0 Å². The van der Waals surface area contributed by atoms with Gasteiger partial charge in [0.25, 0.3) is 6.47 Å². The van der Waals surface area contributed by atoms with E-state index in [0.717, 1.165) is 19.3 Å². The van der Waals surface area contributed by atoms with Crippen LogP contribution in [0.1, 0.15) is 53.9 Å². The van der Waals surface area contributed by atoms with Gasteiger partial charge in [-0.15, -0.1) is 0 Å². The van der Waals surface area contributed by atoms with Crippen molar-refractivity contribution in [3.63, 3.8) is 0 Å². The summed E-state index contributed by atoms with van der Waals surface area (Å²) in [5.74, 6) is 0.750. The lowest BCUT2D eigenvalue weighted by Crippen LogP contribution is -2.72. The third kappa shape index (κ3) is 2.05. The molecule has 2 heterocycles. The zero-order valence-corrected chi connectivity index (χ0v) is 16.6. The van der Waals surface area contributed by atoms with Crippen molar-refractivity contribution in [2.45, 2.75) is 77.3 Å². The van der Waals surface area contributed by atoms with Gasteiger partial charge >= 0.3 is 0 Å². The lowest BCUT2D eigenvalue weighted by Gasteiger charge is -2.61. The molecule has 2 aliphatic heterocycles. The minimum Gasteiger partial charge on any atom is -0.463 e. The lowest BCUT2D eigenvalue weighted by atomic mass is 9.49. The first-order chi connectivity index (χ1) is 12.2. The molecule has 0 bridgehead atoms. The Morgan fingerprint density at radius 3 is 2.77 bits per heavy atom. The predicted molar refractivity (Wildman–Crippen MR) is 96.5 cm³/mol. The average molecular weight is 364 g/mol.